The van der Waals surface area contributed by atoms with Crippen LogP contribution in [0.1, 0.15) is 89.4 Å². The van der Waals surface area contributed by atoms with Crippen molar-refractivity contribution in [3.05, 3.63) is 179 Å². The van der Waals surface area contributed by atoms with Gasteiger partial charge < -0.3 is 42.6 Å². The van der Waals surface area contributed by atoms with Crippen molar-refractivity contribution in [3.8, 4) is 68.8 Å². The van der Waals surface area contributed by atoms with Crippen molar-refractivity contribution < 1.29 is 42.6 Å². The number of para-hydroxylation sites is 3. The lowest BCUT2D eigenvalue weighted by molar-refractivity contribution is 0.173. The molecule has 0 saturated carbocycles. The van der Waals surface area contributed by atoms with Crippen molar-refractivity contribution in [2.45, 2.75) is 57.8 Å². The van der Waals surface area contributed by atoms with Gasteiger partial charge in [0.15, 0.2) is 34.5 Å². The van der Waals surface area contributed by atoms with Crippen LogP contribution in [-0.4, -0.2) is 84.5 Å². The first-order chi connectivity index (χ1) is 37.0. The summed E-state index contributed by atoms with van der Waals surface area (Å²) in [7, 11) is 0. The lowest BCUT2D eigenvalue weighted by Gasteiger charge is -2.28. The van der Waals surface area contributed by atoms with Crippen molar-refractivity contribution in [1.29, 1.82) is 0 Å². The first kappa shape index (κ1) is 45.8. The summed E-state index contributed by atoms with van der Waals surface area (Å²) in [4.78, 5) is 0. The summed E-state index contributed by atoms with van der Waals surface area (Å²) in [5, 5.41) is 25.2. The average Bonchev–Trinajstić information content (AvgIpc) is 4.34. The van der Waals surface area contributed by atoms with E-state index < -0.39 is 0 Å². The fraction of sp³-hybridized carbons (Fsp3) is 0.263. The van der Waals surface area contributed by atoms with Crippen molar-refractivity contribution in [3.63, 3.8) is 0 Å². The van der Waals surface area contributed by atoms with Crippen LogP contribution in [-0.2, 0) is 19.3 Å². The number of nitrogens with zero attached hydrogens (tertiary/aromatic N) is 9. The van der Waals surface area contributed by atoms with E-state index in [9.17, 15) is 0 Å². The van der Waals surface area contributed by atoms with E-state index in [2.05, 4.69) is 67.0 Å². The highest BCUT2D eigenvalue weighted by Gasteiger charge is 2.35. The molecule has 6 aliphatic rings. The van der Waals surface area contributed by atoms with Gasteiger partial charge in [-0.25, -0.2) is 0 Å². The molecule has 6 aliphatic heterocycles. The van der Waals surface area contributed by atoms with Gasteiger partial charge in [0, 0.05) is 71.9 Å². The van der Waals surface area contributed by atoms with E-state index in [4.69, 9.17) is 42.6 Å². The molecule has 15 rings (SSSR count). The Balaban J connectivity index is 0.000000108. The average molecular weight is 1010 g/mol. The molecule has 3 atom stereocenters. The minimum absolute atomic E-state index is 0.129. The Bertz CT molecular complexity index is 3220. The van der Waals surface area contributed by atoms with Crippen LogP contribution in [0.3, 0.4) is 0 Å². The van der Waals surface area contributed by atoms with Crippen LogP contribution in [0.4, 0.5) is 0 Å². The number of hydrogen-bond donors (Lipinski definition) is 0. The van der Waals surface area contributed by atoms with E-state index in [0.717, 1.165) is 122 Å². The number of rotatable bonds is 9. The van der Waals surface area contributed by atoms with Gasteiger partial charge in [-0.05, 0) is 73.9 Å². The summed E-state index contributed by atoms with van der Waals surface area (Å²) in [5.41, 5.74) is 10.1. The smallest absolute Gasteiger partial charge is 0.231 e. The van der Waals surface area contributed by atoms with Crippen LogP contribution >= 0.6 is 0 Å². The minimum atomic E-state index is 0.129. The fourth-order valence-electron chi connectivity index (χ4n) is 11.0. The molecule has 0 aliphatic carbocycles. The highest BCUT2D eigenvalue weighted by atomic mass is 16.7. The third kappa shape index (κ3) is 8.22. The Morgan fingerprint density at radius 1 is 0.387 bits per heavy atom. The molecule has 0 N–H and O–H groups in total. The van der Waals surface area contributed by atoms with Crippen LogP contribution in [0.5, 0.6) is 51.7 Å². The molecule has 9 heterocycles. The number of aromatic nitrogens is 9. The second-order valence-electron chi connectivity index (χ2n) is 18.3. The maximum absolute atomic E-state index is 5.87. The molecule has 0 bridgehead atoms. The van der Waals surface area contributed by atoms with Crippen molar-refractivity contribution in [2.24, 2.45) is 0 Å². The third-order valence-electron chi connectivity index (χ3n) is 14.3. The molecule has 6 aromatic carbocycles. The van der Waals surface area contributed by atoms with Gasteiger partial charge in [-0.1, -0.05) is 54.6 Å². The normalized spacial score (nSPS) is 17.1. The molecule has 18 heteroatoms. The Kier molecular flexibility index (Phi) is 11.9. The maximum atomic E-state index is 5.87. The van der Waals surface area contributed by atoms with Gasteiger partial charge in [0.05, 0.1) is 36.9 Å². The van der Waals surface area contributed by atoms with Gasteiger partial charge in [0.25, 0.3) is 0 Å². The quantitative estimate of drug-likeness (QED) is 0.134. The Hall–Kier alpha value is -9.06. The summed E-state index contributed by atoms with van der Waals surface area (Å²) in [6.45, 7) is 8.67. The molecule has 9 aromatic rings. The molecule has 0 radical (unpaired) electrons. The van der Waals surface area contributed by atoms with Crippen molar-refractivity contribution in [2.75, 3.05) is 40.2 Å². The zero-order valence-corrected chi connectivity index (χ0v) is 41.4. The second-order valence-corrected chi connectivity index (χ2v) is 18.3. The van der Waals surface area contributed by atoms with Gasteiger partial charge in [0.1, 0.15) is 53.7 Å². The zero-order chi connectivity index (χ0) is 50.4. The van der Waals surface area contributed by atoms with Crippen LogP contribution in [0, 0.1) is 0 Å². The van der Waals surface area contributed by atoms with E-state index in [1.54, 1.807) is 19.0 Å². The standard InChI is InChI=1S/3C19H17N3O3/c3*1-2-23-16-6-4-3-5-12(16)13-8-19-21-20-10-22(19)15-9-18-17(7-14(13)15)24-11-25-18/h3*3-7,9-10,13H,2,8,11H2,1H3/t2*13-;/m10./s1. The van der Waals surface area contributed by atoms with Crippen LogP contribution in [0.2, 0.25) is 0 Å². The van der Waals surface area contributed by atoms with Gasteiger partial charge >= 0.3 is 0 Å². The third-order valence-corrected chi connectivity index (χ3v) is 14.3. The molecule has 1 unspecified atom stereocenters. The van der Waals surface area contributed by atoms with Gasteiger partial charge in [-0.2, -0.15) is 0 Å². The molecular weight excluding hydrogens is 955 g/mol. The molecule has 0 amide bonds. The lowest BCUT2D eigenvalue weighted by Crippen LogP contribution is -2.19. The fourth-order valence-corrected chi connectivity index (χ4v) is 11.0. The summed E-state index contributed by atoms with van der Waals surface area (Å²) in [5.74, 6) is 10.6. The number of hydrogen-bond acceptors (Lipinski definition) is 15. The van der Waals surface area contributed by atoms with Crippen molar-refractivity contribution in [1.82, 2.24) is 44.3 Å². The zero-order valence-electron chi connectivity index (χ0n) is 41.4. The van der Waals surface area contributed by atoms with Crippen LogP contribution < -0.4 is 42.6 Å². The van der Waals surface area contributed by atoms with Crippen LogP contribution in [0.25, 0.3) is 17.1 Å². The minimum Gasteiger partial charge on any atom is -0.494 e. The van der Waals surface area contributed by atoms with E-state index in [1.165, 1.54) is 16.7 Å². The molecule has 18 nitrogen and oxygen atoms in total. The van der Waals surface area contributed by atoms with E-state index >= 15 is 0 Å². The van der Waals surface area contributed by atoms with Gasteiger partial charge in [-0.15, -0.1) is 30.6 Å². The number of benzene rings is 6. The van der Waals surface area contributed by atoms with Gasteiger partial charge in [-0.3, -0.25) is 13.7 Å². The Morgan fingerprint density at radius 2 is 0.667 bits per heavy atom. The molecule has 0 spiro atoms. The molecule has 3 aromatic heterocycles. The molecule has 75 heavy (non-hydrogen) atoms. The monoisotopic (exact) mass is 1010 g/mol. The largest absolute Gasteiger partial charge is 0.494 e. The summed E-state index contributed by atoms with van der Waals surface area (Å²) in [6, 6.07) is 36.8. The maximum Gasteiger partial charge on any atom is 0.231 e. The van der Waals surface area contributed by atoms with E-state index in [-0.39, 0.29) is 38.1 Å². The summed E-state index contributed by atoms with van der Waals surface area (Å²) >= 11 is 0. The predicted octanol–water partition coefficient (Wildman–Crippen LogP) is 9.25. The highest BCUT2D eigenvalue weighted by Crippen LogP contribution is 2.49. The van der Waals surface area contributed by atoms with Crippen LogP contribution in [0.15, 0.2) is 128 Å². The second kappa shape index (κ2) is 19.4. The molecular formula is C57H51N9O9. The Labute approximate surface area is 431 Å². The summed E-state index contributed by atoms with van der Waals surface area (Å²) < 4.78 is 57.2. The SMILES string of the molecule is CCOc1ccccc1C1Cc2nncn2-c2cc3c(cc21)OCO3.CCOc1ccccc1[C@@H]1Cc2nncn2-c2cc3c(cc21)OCO3.CCOc1ccccc1[C@H]1Cc2nncn2-c2cc3c(cc21)OCO3. The highest BCUT2D eigenvalue weighted by molar-refractivity contribution is 5.64. The first-order valence-electron chi connectivity index (χ1n) is 25.2. The molecule has 0 saturated heterocycles. The number of ether oxygens (including phenoxy) is 9. The summed E-state index contributed by atoms with van der Waals surface area (Å²) in [6.07, 6.45) is 7.54. The predicted molar refractivity (Wildman–Crippen MR) is 272 cm³/mol. The van der Waals surface area contributed by atoms with E-state index in [0.29, 0.717) is 19.8 Å². The van der Waals surface area contributed by atoms with Crippen molar-refractivity contribution >= 4 is 0 Å². The molecule has 0 fully saturated rings. The first-order valence-corrected chi connectivity index (χ1v) is 25.2. The lowest BCUT2D eigenvalue weighted by atomic mass is 9.84. The van der Waals surface area contributed by atoms with Gasteiger partial charge in [0.2, 0.25) is 20.4 Å². The molecule has 378 valence electrons. The van der Waals surface area contributed by atoms with E-state index in [1.807, 2.05) is 107 Å². The number of fused-ring (bicyclic) bond motifs is 12. The Morgan fingerprint density at radius 3 is 0.960 bits per heavy atom. The topological polar surface area (TPSA) is 175 Å².